The molecule has 3 saturated carbocycles. The lowest BCUT2D eigenvalue weighted by Crippen LogP contribution is -2.34. The van der Waals surface area contributed by atoms with Crippen molar-refractivity contribution in [2.75, 3.05) is 7.11 Å². The van der Waals surface area contributed by atoms with Crippen molar-refractivity contribution in [3.05, 3.63) is 0 Å². The largest absolute Gasteiger partial charge is 0.462 e. The molecule has 0 amide bonds. The van der Waals surface area contributed by atoms with E-state index in [2.05, 4.69) is 6.92 Å². The summed E-state index contributed by atoms with van der Waals surface area (Å²) >= 11 is 0. The minimum Gasteiger partial charge on any atom is -0.462 e. The van der Waals surface area contributed by atoms with Crippen molar-refractivity contribution >= 4 is 11.8 Å². The van der Waals surface area contributed by atoms with Gasteiger partial charge in [-0.15, -0.1) is 0 Å². The van der Waals surface area contributed by atoms with Crippen LogP contribution in [0.15, 0.2) is 0 Å². The van der Waals surface area contributed by atoms with Gasteiger partial charge in [0, 0.05) is 13.0 Å². The lowest BCUT2D eigenvalue weighted by atomic mass is 9.70. The van der Waals surface area contributed by atoms with Crippen LogP contribution in [0.3, 0.4) is 0 Å². The first-order chi connectivity index (χ1) is 13.5. The summed E-state index contributed by atoms with van der Waals surface area (Å²) < 4.78 is 11.4. The molecule has 28 heavy (non-hydrogen) atoms. The second kappa shape index (κ2) is 10.2. The molecule has 0 heterocycles. The molecule has 1 unspecified atom stereocenters. The number of rotatable bonds is 6. The summed E-state index contributed by atoms with van der Waals surface area (Å²) in [5.41, 5.74) is 0. The second-order valence-corrected chi connectivity index (χ2v) is 9.76. The Bertz CT molecular complexity index is 507. The van der Waals surface area contributed by atoms with Crippen molar-refractivity contribution in [1.29, 1.82) is 0 Å². The number of esters is 1. The van der Waals surface area contributed by atoms with Crippen molar-refractivity contribution in [2.24, 2.45) is 29.6 Å². The van der Waals surface area contributed by atoms with E-state index in [1.807, 2.05) is 7.11 Å². The molecule has 0 aromatic heterocycles. The lowest BCUT2D eigenvalue weighted by Gasteiger charge is -2.39. The second-order valence-electron chi connectivity index (χ2n) is 9.76. The van der Waals surface area contributed by atoms with E-state index in [0.29, 0.717) is 6.10 Å². The molecular weight excluding hydrogens is 352 g/mol. The molecule has 0 aliphatic heterocycles. The minimum atomic E-state index is -0.00334. The zero-order valence-electron chi connectivity index (χ0n) is 18.2. The molecule has 0 aromatic carbocycles. The maximum absolute atomic E-state index is 12.5. The van der Waals surface area contributed by atoms with Gasteiger partial charge in [-0.2, -0.15) is 0 Å². The van der Waals surface area contributed by atoms with Crippen LogP contribution in [0.2, 0.25) is 0 Å². The van der Waals surface area contributed by atoms with E-state index in [1.165, 1.54) is 38.5 Å². The van der Waals surface area contributed by atoms with Crippen LogP contribution in [0.25, 0.3) is 0 Å². The zero-order valence-corrected chi connectivity index (χ0v) is 18.2. The molecule has 3 fully saturated rings. The summed E-state index contributed by atoms with van der Waals surface area (Å²) in [7, 11) is 1.84. The Hall–Kier alpha value is -0.900. The van der Waals surface area contributed by atoms with Crippen LogP contribution in [-0.4, -0.2) is 31.1 Å². The Kier molecular flexibility index (Phi) is 7.96. The van der Waals surface area contributed by atoms with Crippen LogP contribution in [0.1, 0.15) is 90.9 Å². The lowest BCUT2D eigenvalue weighted by molar-refractivity contribution is -0.158. The van der Waals surface area contributed by atoms with Crippen molar-refractivity contribution in [3.8, 4) is 0 Å². The van der Waals surface area contributed by atoms with Crippen molar-refractivity contribution < 1.29 is 19.1 Å². The predicted molar refractivity (Wildman–Crippen MR) is 110 cm³/mol. The van der Waals surface area contributed by atoms with Gasteiger partial charge in [-0.1, -0.05) is 6.92 Å². The third-order valence-corrected chi connectivity index (χ3v) is 8.18. The summed E-state index contributed by atoms with van der Waals surface area (Å²) in [5.74, 6) is 2.85. The number of carbonyl (C=O) groups excluding carboxylic acids is 2. The van der Waals surface area contributed by atoms with E-state index in [4.69, 9.17) is 9.47 Å². The molecule has 4 heteroatoms. The van der Waals surface area contributed by atoms with Crippen LogP contribution in [-0.2, 0) is 19.1 Å². The summed E-state index contributed by atoms with van der Waals surface area (Å²) in [6, 6.07) is 0. The summed E-state index contributed by atoms with van der Waals surface area (Å²) in [6.07, 6.45) is 13.4. The average molecular weight is 393 g/mol. The Morgan fingerprint density at radius 3 is 1.64 bits per heavy atom. The van der Waals surface area contributed by atoms with Crippen LogP contribution >= 0.6 is 0 Å². The molecule has 0 N–H and O–H groups in total. The highest BCUT2D eigenvalue weighted by molar-refractivity contribution is 5.79. The highest BCUT2D eigenvalue weighted by atomic mass is 16.5. The summed E-state index contributed by atoms with van der Waals surface area (Å²) in [4.78, 5) is 24.0. The molecule has 0 spiro atoms. The molecule has 0 saturated heterocycles. The third-order valence-electron chi connectivity index (χ3n) is 8.18. The van der Waals surface area contributed by atoms with Crippen LogP contribution in [0.4, 0.5) is 0 Å². The normalized spacial score (nSPS) is 37.8. The predicted octanol–water partition coefficient (Wildman–Crippen LogP) is 5.33. The first-order valence-corrected chi connectivity index (χ1v) is 11.7. The van der Waals surface area contributed by atoms with Gasteiger partial charge in [-0.3, -0.25) is 9.59 Å². The fraction of sp³-hybridized carbons (Fsp3) is 0.917. The van der Waals surface area contributed by atoms with Gasteiger partial charge < -0.3 is 9.47 Å². The highest BCUT2D eigenvalue weighted by Crippen LogP contribution is 2.41. The Balaban J connectivity index is 1.37. The summed E-state index contributed by atoms with van der Waals surface area (Å²) in [5, 5.41) is 0. The van der Waals surface area contributed by atoms with Crippen molar-refractivity contribution in [1.82, 2.24) is 0 Å². The summed E-state index contributed by atoms with van der Waals surface area (Å²) in [6.45, 7) is 4.12. The number of carbonyl (C=O) groups is 2. The van der Waals surface area contributed by atoms with Crippen LogP contribution in [0, 0.1) is 29.6 Å². The quantitative estimate of drug-likeness (QED) is 0.574. The maximum atomic E-state index is 12.5. The van der Waals surface area contributed by atoms with E-state index in [0.717, 1.165) is 56.3 Å². The van der Waals surface area contributed by atoms with Gasteiger partial charge in [0.15, 0.2) is 0 Å². The van der Waals surface area contributed by atoms with E-state index in [9.17, 15) is 9.59 Å². The molecule has 1 atom stereocenters. The zero-order chi connectivity index (χ0) is 20.1. The van der Waals surface area contributed by atoms with Gasteiger partial charge >= 0.3 is 5.97 Å². The minimum absolute atomic E-state index is 0.00334. The molecule has 0 aromatic rings. The van der Waals surface area contributed by atoms with Gasteiger partial charge in [0.05, 0.1) is 12.0 Å². The molecule has 3 aliphatic carbocycles. The van der Waals surface area contributed by atoms with E-state index < -0.39 is 0 Å². The molecule has 0 radical (unpaired) electrons. The number of hydrogen-bond donors (Lipinski definition) is 0. The number of methoxy groups -OCH3 is 1. The van der Waals surface area contributed by atoms with E-state index in [-0.39, 0.29) is 29.7 Å². The van der Waals surface area contributed by atoms with Gasteiger partial charge in [-0.05, 0) is 102 Å². The third kappa shape index (κ3) is 5.58. The Labute approximate surface area is 171 Å². The average Bonchev–Trinajstić information content (AvgIpc) is 2.74. The fourth-order valence-electron chi connectivity index (χ4n) is 5.96. The SMILES string of the molecule is COC1CCC(C(C)C2CCC(OC(=O)C3CCC(C(C)=O)CC3)CC2)CC1. The molecule has 3 rings (SSSR count). The smallest absolute Gasteiger partial charge is 0.309 e. The van der Waals surface area contributed by atoms with Gasteiger partial charge in [-0.25, -0.2) is 0 Å². The molecule has 160 valence electrons. The van der Waals surface area contributed by atoms with Crippen LogP contribution < -0.4 is 0 Å². The fourth-order valence-corrected chi connectivity index (χ4v) is 5.96. The van der Waals surface area contributed by atoms with Crippen molar-refractivity contribution in [3.63, 3.8) is 0 Å². The van der Waals surface area contributed by atoms with Crippen molar-refractivity contribution in [2.45, 2.75) is 103 Å². The van der Waals surface area contributed by atoms with Gasteiger partial charge in [0.1, 0.15) is 11.9 Å². The number of hydrogen-bond acceptors (Lipinski definition) is 4. The molecular formula is C24H40O4. The molecule has 4 nitrogen and oxygen atoms in total. The maximum Gasteiger partial charge on any atom is 0.309 e. The van der Waals surface area contributed by atoms with Crippen LogP contribution in [0.5, 0.6) is 0 Å². The first-order valence-electron chi connectivity index (χ1n) is 11.7. The first kappa shape index (κ1) is 21.8. The molecule has 3 aliphatic rings. The number of Topliss-reactive ketones (excluding diaryl/α,β-unsaturated/α-hetero) is 1. The monoisotopic (exact) mass is 392 g/mol. The standard InChI is InChI=1S/C24H40O4/c1-16(18-8-12-22(27-3)13-9-18)19-10-14-23(15-11-19)28-24(26)21-6-4-20(5-7-21)17(2)25/h16,18-23H,4-15H2,1-3H3. The van der Waals surface area contributed by atoms with Gasteiger partial charge in [0.25, 0.3) is 0 Å². The van der Waals surface area contributed by atoms with E-state index in [1.54, 1.807) is 6.92 Å². The van der Waals surface area contributed by atoms with E-state index >= 15 is 0 Å². The highest BCUT2D eigenvalue weighted by Gasteiger charge is 2.35. The Morgan fingerprint density at radius 1 is 0.714 bits per heavy atom. The number of ketones is 1. The van der Waals surface area contributed by atoms with Gasteiger partial charge in [0.2, 0.25) is 0 Å². The number of ether oxygens (including phenoxy) is 2. The molecule has 0 bridgehead atoms. The topological polar surface area (TPSA) is 52.6 Å². The Morgan fingerprint density at radius 2 is 1.18 bits per heavy atom.